The van der Waals surface area contributed by atoms with E-state index in [9.17, 15) is 18.5 Å². The Bertz CT molecular complexity index is 1350. The Morgan fingerprint density at radius 2 is 1.55 bits per heavy atom. The van der Waals surface area contributed by atoms with Crippen molar-refractivity contribution in [2.45, 2.75) is 11.8 Å². The van der Waals surface area contributed by atoms with Crippen LogP contribution in [0.3, 0.4) is 0 Å². The predicted molar refractivity (Wildman–Crippen MR) is 122 cm³/mol. The summed E-state index contributed by atoms with van der Waals surface area (Å²) >= 11 is 1.21. The molecule has 1 heterocycles. The molecule has 0 bridgehead atoms. The maximum Gasteiger partial charge on any atom is 0.270 e. The number of nitro groups is 1. The second kappa shape index (κ2) is 8.29. The van der Waals surface area contributed by atoms with Crippen LogP contribution in [0.25, 0.3) is 22.4 Å². The summed E-state index contributed by atoms with van der Waals surface area (Å²) in [6.07, 6.45) is 0. The van der Waals surface area contributed by atoms with Crippen LogP contribution in [0.4, 0.5) is 10.8 Å². The van der Waals surface area contributed by atoms with Crippen molar-refractivity contribution in [2.75, 3.05) is 4.72 Å². The standard InChI is InChI=1S/C22H17N3O4S2/c1-15-21(18-12-10-17(11-13-18)16-6-3-2-4-7-16)23-22(30-15)24-31(28,29)20-9-5-8-19(14-20)25(26)27/h2-14H,1H3,(H,23,24). The number of nitrogens with one attached hydrogen (secondary N) is 1. The molecule has 0 unspecified atom stereocenters. The van der Waals surface area contributed by atoms with Gasteiger partial charge in [0.15, 0.2) is 5.13 Å². The van der Waals surface area contributed by atoms with Crippen LogP contribution in [0.1, 0.15) is 4.88 Å². The fourth-order valence-corrected chi connectivity index (χ4v) is 5.21. The molecule has 1 N–H and O–H groups in total. The zero-order valence-corrected chi connectivity index (χ0v) is 18.0. The number of nitro benzene ring substituents is 1. The molecule has 156 valence electrons. The maximum atomic E-state index is 12.7. The lowest BCUT2D eigenvalue weighted by Gasteiger charge is -2.05. The van der Waals surface area contributed by atoms with Crippen LogP contribution in [-0.2, 0) is 10.0 Å². The summed E-state index contributed by atoms with van der Waals surface area (Å²) in [6, 6.07) is 22.8. The minimum Gasteiger partial charge on any atom is -0.258 e. The van der Waals surface area contributed by atoms with Gasteiger partial charge >= 0.3 is 0 Å². The summed E-state index contributed by atoms with van der Waals surface area (Å²) in [5.41, 5.74) is 3.44. The van der Waals surface area contributed by atoms with Crippen molar-refractivity contribution >= 4 is 32.2 Å². The van der Waals surface area contributed by atoms with Crippen molar-refractivity contribution in [3.8, 4) is 22.4 Å². The van der Waals surface area contributed by atoms with Crippen LogP contribution in [0.15, 0.2) is 83.8 Å². The molecule has 7 nitrogen and oxygen atoms in total. The maximum absolute atomic E-state index is 12.7. The Hall–Kier alpha value is -3.56. The van der Waals surface area contributed by atoms with E-state index < -0.39 is 14.9 Å². The molecule has 3 aromatic carbocycles. The normalized spacial score (nSPS) is 11.3. The Morgan fingerprint density at radius 1 is 0.903 bits per heavy atom. The van der Waals surface area contributed by atoms with Crippen molar-refractivity contribution in [1.82, 2.24) is 4.98 Å². The molecule has 1 aromatic heterocycles. The minimum absolute atomic E-state index is 0.191. The molecule has 0 saturated carbocycles. The van der Waals surface area contributed by atoms with Gasteiger partial charge in [-0.1, -0.05) is 60.7 Å². The molecule has 0 aliphatic heterocycles. The fourth-order valence-electron chi connectivity index (χ4n) is 3.10. The van der Waals surface area contributed by atoms with Crippen LogP contribution in [0, 0.1) is 17.0 Å². The van der Waals surface area contributed by atoms with Crippen LogP contribution in [0.5, 0.6) is 0 Å². The van der Waals surface area contributed by atoms with Crippen LogP contribution in [0.2, 0.25) is 0 Å². The van der Waals surface area contributed by atoms with Gasteiger partial charge in [-0.25, -0.2) is 13.4 Å². The van der Waals surface area contributed by atoms with Gasteiger partial charge in [-0.15, -0.1) is 11.3 Å². The van der Waals surface area contributed by atoms with Gasteiger partial charge in [0.1, 0.15) is 0 Å². The number of non-ortho nitro benzene ring substituents is 1. The Kier molecular flexibility index (Phi) is 5.53. The van der Waals surface area contributed by atoms with Gasteiger partial charge in [-0.05, 0) is 24.1 Å². The molecule has 0 aliphatic rings. The van der Waals surface area contributed by atoms with Crippen molar-refractivity contribution in [3.05, 3.63) is 93.9 Å². The summed E-state index contributed by atoms with van der Waals surface area (Å²) in [5, 5.41) is 11.1. The first-order valence-electron chi connectivity index (χ1n) is 9.24. The number of aromatic nitrogens is 1. The molecule has 0 aliphatic carbocycles. The van der Waals surface area contributed by atoms with E-state index in [4.69, 9.17) is 0 Å². The molecular weight excluding hydrogens is 434 g/mol. The molecule has 0 amide bonds. The molecule has 4 rings (SSSR count). The van der Waals surface area contributed by atoms with E-state index in [1.54, 1.807) is 0 Å². The number of aryl methyl sites for hydroxylation is 1. The molecule has 0 fully saturated rings. The highest BCUT2D eigenvalue weighted by Gasteiger charge is 2.20. The van der Waals surface area contributed by atoms with E-state index in [0.717, 1.165) is 27.6 Å². The van der Waals surface area contributed by atoms with E-state index in [1.165, 1.54) is 29.5 Å². The number of nitrogens with zero attached hydrogens (tertiary/aromatic N) is 2. The number of hydrogen-bond donors (Lipinski definition) is 1. The Balaban J connectivity index is 1.59. The predicted octanol–water partition coefficient (Wildman–Crippen LogP) is 5.49. The number of rotatable bonds is 6. The average Bonchev–Trinajstić information content (AvgIpc) is 3.13. The number of sulfonamides is 1. The number of anilines is 1. The van der Waals surface area contributed by atoms with Gasteiger partial charge in [0, 0.05) is 22.6 Å². The molecule has 0 atom stereocenters. The number of thiazole rings is 1. The number of hydrogen-bond acceptors (Lipinski definition) is 6. The minimum atomic E-state index is -4.00. The molecule has 0 spiro atoms. The van der Waals surface area contributed by atoms with E-state index >= 15 is 0 Å². The van der Waals surface area contributed by atoms with Gasteiger partial charge < -0.3 is 0 Å². The van der Waals surface area contributed by atoms with Crippen molar-refractivity contribution in [1.29, 1.82) is 0 Å². The van der Waals surface area contributed by atoms with Gasteiger partial charge in [0.25, 0.3) is 15.7 Å². The van der Waals surface area contributed by atoms with E-state index in [1.807, 2.05) is 61.5 Å². The Morgan fingerprint density at radius 3 is 2.23 bits per heavy atom. The summed E-state index contributed by atoms with van der Waals surface area (Å²) in [6.45, 7) is 1.86. The highest BCUT2D eigenvalue weighted by Crippen LogP contribution is 2.33. The third-order valence-electron chi connectivity index (χ3n) is 4.62. The monoisotopic (exact) mass is 451 g/mol. The Labute approximate surface area is 183 Å². The third kappa shape index (κ3) is 4.47. The quantitative estimate of drug-likeness (QED) is 0.308. The number of benzene rings is 3. The third-order valence-corrected chi connectivity index (χ3v) is 6.97. The second-order valence-corrected chi connectivity index (χ2v) is 9.61. The van der Waals surface area contributed by atoms with Crippen molar-refractivity contribution < 1.29 is 13.3 Å². The second-order valence-electron chi connectivity index (χ2n) is 6.73. The van der Waals surface area contributed by atoms with E-state index in [-0.39, 0.29) is 15.7 Å². The lowest BCUT2D eigenvalue weighted by molar-refractivity contribution is -0.385. The highest BCUT2D eigenvalue weighted by molar-refractivity contribution is 7.93. The summed E-state index contributed by atoms with van der Waals surface area (Å²) in [4.78, 5) is 15.4. The molecule has 0 radical (unpaired) electrons. The first-order valence-corrected chi connectivity index (χ1v) is 11.5. The van der Waals surface area contributed by atoms with Crippen LogP contribution < -0.4 is 4.72 Å². The topological polar surface area (TPSA) is 102 Å². The average molecular weight is 452 g/mol. The lowest BCUT2D eigenvalue weighted by Crippen LogP contribution is -2.13. The van der Waals surface area contributed by atoms with Crippen molar-refractivity contribution in [3.63, 3.8) is 0 Å². The van der Waals surface area contributed by atoms with Gasteiger partial charge in [0.05, 0.1) is 15.5 Å². The van der Waals surface area contributed by atoms with Gasteiger partial charge in [-0.2, -0.15) is 0 Å². The zero-order chi connectivity index (χ0) is 22.0. The summed E-state index contributed by atoms with van der Waals surface area (Å²) < 4.78 is 27.8. The molecule has 31 heavy (non-hydrogen) atoms. The largest absolute Gasteiger partial charge is 0.270 e. The molecule has 9 heteroatoms. The zero-order valence-electron chi connectivity index (χ0n) is 16.3. The van der Waals surface area contributed by atoms with Crippen LogP contribution >= 0.6 is 11.3 Å². The first-order chi connectivity index (χ1) is 14.8. The fraction of sp³-hybridized carbons (Fsp3) is 0.0455. The first kappa shape index (κ1) is 20.7. The van der Waals surface area contributed by atoms with Gasteiger partial charge in [-0.3, -0.25) is 14.8 Å². The van der Waals surface area contributed by atoms with E-state index in [0.29, 0.717) is 5.69 Å². The van der Waals surface area contributed by atoms with Crippen LogP contribution in [-0.4, -0.2) is 18.3 Å². The summed E-state index contributed by atoms with van der Waals surface area (Å²) in [7, 11) is -4.00. The molecular formula is C22H17N3O4S2. The van der Waals surface area contributed by atoms with E-state index in [2.05, 4.69) is 9.71 Å². The molecule has 0 saturated heterocycles. The molecule has 4 aromatic rings. The smallest absolute Gasteiger partial charge is 0.258 e. The highest BCUT2D eigenvalue weighted by atomic mass is 32.2. The summed E-state index contributed by atoms with van der Waals surface area (Å²) in [5.74, 6) is 0. The van der Waals surface area contributed by atoms with Crippen molar-refractivity contribution in [2.24, 2.45) is 0 Å². The van der Waals surface area contributed by atoms with Gasteiger partial charge in [0.2, 0.25) is 0 Å². The SMILES string of the molecule is Cc1sc(NS(=O)(=O)c2cccc([N+](=O)[O-])c2)nc1-c1ccc(-c2ccccc2)cc1. The lowest BCUT2D eigenvalue weighted by atomic mass is 10.0.